The van der Waals surface area contributed by atoms with E-state index in [1.54, 1.807) is 29.2 Å². The van der Waals surface area contributed by atoms with Gasteiger partial charge in [-0.05, 0) is 54.4 Å². The van der Waals surface area contributed by atoms with Crippen molar-refractivity contribution in [3.8, 4) is 0 Å². The fourth-order valence-corrected chi connectivity index (χ4v) is 5.43. The number of amides is 2. The summed E-state index contributed by atoms with van der Waals surface area (Å²) in [4.78, 5) is 26.5. The average molecular weight is 516 g/mol. The summed E-state index contributed by atoms with van der Waals surface area (Å²) in [6.07, 6.45) is 1.32. The first-order valence-electron chi connectivity index (χ1n) is 10.9. The lowest BCUT2D eigenvalue weighted by Crippen LogP contribution is -2.40. The Balaban J connectivity index is 1.53. The minimum Gasteiger partial charge on any atom is -0.350 e. The van der Waals surface area contributed by atoms with Gasteiger partial charge >= 0.3 is 0 Å². The quantitative estimate of drug-likeness (QED) is 0.489. The zero-order valence-corrected chi connectivity index (χ0v) is 20.2. The van der Waals surface area contributed by atoms with Crippen LogP contribution in [0.15, 0.2) is 77.7 Å². The second-order valence-electron chi connectivity index (χ2n) is 8.02. The van der Waals surface area contributed by atoms with Crippen LogP contribution >= 0.6 is 11.6 Å². The van der Waals surface area contributed by atoms with Gasteiger partial charge < -0.3 is 10.2 Å². The molecule has 3 aromatic rings. The van der Waals surface area contributed by atoms with Crippen LogP contribution in [0.25, 0.3) is 0 Å². The van der Waals surface area contributed by atoms with E-state index in [-0.39, 0.29) is 28.1 Å². The molecule has 0 aliphatic carbocycles. The van der Waals surface area contributed by atoms with Crippen molar-refractivity contribution in [2.24, 2.45) is 0 Å². The first-order chi connectivity index (χ1) is 16.8. The summed E-state index contributed by atoms with van der Waals surface area (Å²) in [5.41, 5.74) is 1.58. The molecule has 182 valence electrons. The lowest BCUT2D eigenvalue weighted by atomic mass is 10.2. The van der Waals surface area contributed by atoms with E-state index in [2.05, 4.69) is 5.32 Å². The summed E-state index contributed by atoms with van der Waals surface area (Å²) in [6.45, 7) is 0.253. The molecule has 7 nitrogen and oxygen atoms in total. The molecule has 1 fully saturated rings. The SMILES string of the molecule is O=C(CN(c1ccc(F)c(Cl)c1)S(=O)(=O)c1ccccc1)NCc1cccc(N2CCCC2=O)c1. The number of hydrogen-bond acceptors (Lipinski definition) is 4. The summed E-state index contributed by atoms with van der Waals surface area (Å²) in [7, 11) is -4.14. The number of carbonyl (C=O) groups is 2. The Hall–Kier alpha value is -3.43. The second kappa shape index (κ2) is 10.5. The van der Waals surface area contributed by atoms with Gasteiger partial charge in [-0.2, -0.15) is 0 Å². The molecule has 0 bridgehead atoms. The fraction of sp³-hybridized carbons (Fsp3) is 0.200. The smallest absolute Gasteiger partial charge is 0.264 e. The van der Waals surface area contributed by atoms with Crippen molar-refractivity contribution < 1.29 is 22.4 Å². The maximum atomic E-state index is 13.7. The molecular weight excluding hydrogens is 493 g/mol. The molecule has 3 aromatic carbocycles. The maximum absolute atomic E-state index is 13.7. The number of nitrogens with one attached hydrogen (secondary N) is 1. The number of nitrogens with zero attached hydrogens (tertiary/aromatic N) is 2. The van der Waals surface area contributed by atoms with Gasteiger partial charge in [-0.25, -0.2) is 12.8 Å². The van der Waals surface area contributed by atoms with Crippen molar-refractivity contribution in [2.75, 3.05) is 22.3 Å². The van der Waals surface area contributed by atoms with Crippen molar-refractivity contribution in [2.45, 2.75) is 24.3 Å². The number of rotatable bonds is 8. The molecule has 0 unspecified atom stereocenters. The van der Waals surface area contributed by atoms with Gasteiger partial charge in [0.2, 0.25) is 11.8 Å². The number of benzene rings is 3. The van der Waals surface area contributed by atoms with Crippen LogP contribution in [0.5, 0.6) is 0 Å². The number of anilines is 2. The monoisotopic (exact) mass is 515 g/mol. The van der Waals surface area contributed by atoms with Crippen molar-refractivity contribution in [3.63, 3.8) is 0 Å². The van der Waals surface area contributed by atoms with E-state index in [1.807, 2.05) is 18.2 Å². The molecule has 0 spiro atoms. The first-order valence-corrected chi connectivity index (χ1v) is 12.8. The Morgan fingerprint density at radius 1 is 1.06 bits per heavy atom. The largest absolute Gasteiger partial charge is 0.350 e. The van der Waals surface area contributed by atoms with E-state index < -0.39 is 28.3 Å². The molecule has 0 atom stereocenters. The zero-order chi connectivity index (χ0) is 25.0. The highest BCUT2D eigenvalue weighted by molar-refractivity contribution is 7.92. The second-order valence-corrected chi connectivity index (χ2v) is 10.3. The number of hydrogen-bond donors (Lipinski definition) is 1. The molecule has 10 heteroatoms. The summed E-state index contributed by atoms with van der Waals surface area (Å²) >= 11 is 5.89. The fourth-order valence-electron chi connectivity index (χ4n) is 3.82. The average Bonchev–Trinajstić information content (AvgIpc) is 3.29. The van der Waals surface area contributed by atoms with Gasteiger partial charge in [0.25, 0.3) is 10.0 Å². The topological polar surface area (TPSA) is 86.8 Å². The van der Waals surface area contributed by atoms with E-state index in [1.165, 1.54) is 24.3 Å². The van der Waals surface area contributed by atoms with Gasteiger partial charge in [-0.1, -0.05) is 41.9 Å². The predicted octanol–water partition coefficient (Wildman–Crippen LogP) is 4.12. The van der Waals surface area contributed by atoms with Gasteiger partial charge in [-0.15, -0.1) is 0 Å². The van der Waals surface area contributed by atoms with Crippen molar-refractivity contribution in [3.05, 3.63) is 89.2 Å². The Labute approximate surface area is 208 Å². The van der Waals surface area contributed by atoms with E-state index in [9.17, 15) is 22.4 Å². The third-order valence-corrected chi connectivity index (χ3v) is 7.67. The Morgan fingerprint density at radius 2 is 1.83 bits per heavy atom. The minimum atomic E-state index is -4.14. The normalized spacial score (nSPS) is 13.7. The highest BCUT2D eigenvalue weighted by atomic mass is 35.5. The Morgan fingerprint density at radius 3 is 2.51 bits per heavy atom. The Kier molecular flexibility index (Phi) is 7.37. The Bertz CT molecular complexity index is 1350. The lowest BCUT2D eigenvalue weighted by molar-refractivity contribution is -0.120. The predicted molar refractivity (Wildman–Crippen MR) is 132 cm³/mol. The maximum Gasteiger partial charge on any atom is 0.264 e. The third kappa shape index (κ3) is 5.63. The highest BCUT2D eigenvalue weighted by Crippen LogP contribution is 2.28. The van der Waals surface area contributed by atoms with Crippen LogP contribution in [0, 0.1) is 5.82 Å². The number of sulfonamides is 1. The van der Waals surface area contributed by atoms with Crippen molar-refractivity contribution >= 4 is 44.8 Å². The van der Waals surface area contributed by atoms with E-state index in [0.29, 0.717) is 13.0 Å². The minimum absolute atomic E-state index is 0.0174. The molecule has 0 radical (unpaired) electrons. The highest BCUT2D eigenvalue weighted by Gasteiger charge is 2.28. The molecule has 2 amide bonds. The van der Waals surface area contributed by atoms with Gasteiger partial charge in [0, 0.05) is 25.2 Å². The summed E-state index contributed by atoms with van der Waals surface area (Å²) < 4.78 is 41.3. The van der Waals surface area contributed by atoms with Crippen LogP contribution in [0.4, 0.5) is 15.8 Å². The molecule has 1 aliphatic rings. The van der Waals surface area contributed by atoms with Gasteiger partial charge in [0.1, 0.15) is 12.4 Å². The lowest BCUT2D eigenvalue weighted by Gasteiger charge is -2.24. The van der Waals surface area contributed by atoms with Crippen molar-refractivity contribution in [1.82, 2.24) is 5.32 Å². The molecule has 1 saturated heterocycles. The van der Waals surface area contributed by atoms with E-state index in [4.69, 9.17) is 11.6 Å². The van der Waals surface area contributed by atoms with Crippen molar-refractivity contribution in [1.29, 1.82) is 0 Å². The molecule has 0 aromatic heterocycles. The van der Waals surface area contributed by atoms with Crippen LogP contribution in [-0.2, 0) is 26.2 Å². The third-order valence-electron chi connectivity index (χ3n) is 5.59. The van der Waals surface area contributed by atoms with Crippen LogP contribution in [0.2, 0.25) is 5.02 Å². The van der Waals surface area contributed by atoms with Crippen LogP contribution in [-0.4, -0.2) is 33.3 Å². The summed E-state index contributed by atoms with van der Waals surface area (Å²) in [6, 6.07) is 18.4. The molecular formula is C25H23ClFN3O4S. The zero-order valence-electron chi connectivity index (χ0n) is 18.7. The number of halogens is 2. The van der Waals surface area contributed by atoms with Crippen LogP contribution in [0.1, 0.15) is 18.4 Å². The molecule has 4 rings (SSSR count). The van der Waals surface area contributed by atoms with Crippen LogP contribution < -0.4 is 14.5 Å². The number of carbonyl (C=O) groups excluding carboxylic acids is 2. The molecule has 0 saturated carbocycles. The van der Waals surface area contributed by atoms with Crippen LogP contribution in [0.3, 0.4) is 0 Å². The van der Waals surface area contributed by atoms with Gasteiger partial charge in [0.05, 0.1) is 15.6 Å². The summed E-state index contributed by atoms with van der Waals surface area (Å²) in [5, 5.41) is 2.46. The van der Waals surface area contributed by atoms with E-state index >= 15 is 0 Å². The molecule has 1 N–H and O–H groups in total. The molecule has 1 aliphatic heterocycles. The van der Waals surface area contributed by atoms with Gasteiger partial charge in [-0.3, -0.25) is 13.9 Å². The first kappa shape index (κ1) is 24.7. The van der Waals surface area contributed by atoms with Gasteiger partial charge in [0.15, 0.2) is 0 Å². The molecule has 35 heavy (non-hydrogen) atoms. The standard InChI is InChI=1S/C25H23ClFN3O4S/c26-22-15-20(11-12-23(22)27)30(35(33,34)21-8-2-1-3-9-21)17-24(31)28-16-18-6-4-7-19(14-18)29-13-5-10-25(29)32/h1-4,6-9,11-12,14-15H,5,10,13,16-17H2,(H,28,31). The summed E-state index contributed by atoms with van der Waals surface area (Å²) in [5.74, 6) is -1.20. The molecule has 1 heterocycles. The van der Waals surface area contributed by atoms with E-state index in [0.717, 1.165) is 28.0 Å².